The normalized spacial score (nSPS) is 13.7. The number of aliphatic imine (C=N–C) groups is 1. The zero-order valence-electron chi connectivity index (χ0n) is 11.6. The van der Waals surface area contributed by atoms with Gasteiger partial charge in [-0.3, -0.25) is 4.79 Å². The van der Waals surface area contributed by atoms with Gasteiger partial charge in [-0.25, -0.2) is 22.6 Å². The smallest absolute Gasteiger partial charge is 0.220 e. The SMILES string of the molecule is O=Cc1ccc(-c2c(F)c(F)c(F)c(F)c2C2=NCCO2)cc1. The van der Waals surface area contributed by atoms with E-state index in [-0.39, 0.29) is 24.6 Å². The number of hydrogen-bond acceptors (Lipinski definition) is 3. The summed E-state index contributed by atoms with van der Waals surface area (Å²) in [4.78, 5) is 14.5. The maximum absolute atomic E-state index is 14.3. The Labute approximate surface area is 128 Å². The van der Waals surface area contributed by atoms with Crippen LogP contribution in [0.15, 0.2) is 29.3 Å². The molecule has 0 aliphatic carbocycles. The number of halogens is 4. The van der Waals surface area contributed by atoms with Crippen LogP contribution in [0, 0.1) is 23.3 Å². The summed E-state index contributed by atoms with van der Waals surface area (Å²) in [6.45, 7) is 0.345. The van der Waals surface area contributed by atoms with Crippen molar-refractivity contribution in [2.24, 2.45) is 4.99 Å². The second-order valence-corrected chi connectivity index (χ2v) is 4.78. The lowest BCUT2D eigenvalue weighted by atomic mass is 9.96. The number of carbonyl (C=O) groups is 1. The maximum atomic E-state index is 14.3. The summed E-state index contributed by atoms with van der Waals surface area (Å²) >= 11 is 0. The van der Waals surface area contributed by atoms with Crippen molar-refractivity contribution >= 4 is 12.2 Å². The fourth-order valence-electron chi connectivity index (χ4n) is 2.32. The molecule has 23 heavy (non-hydrogen) atoms. The Kier molecular flexibility index (Phi) is 3.85. The topological polar surface area (TPSA) is 38.7 Å². The van der Waals surface area contributed by atoms with Gasteiger partial charge in [-0.1, -0.05) is 24.3 Å². The third-order valence-corrected chi connectivity index (χ3v) is 3.40. The minimum atomic E-state index is -1.93. The molecule has 3 nitrogen and oxygen atoms in total. The number of hydrogen-bond donors (Lipinski definition) is 0. The number of ether oxygens (including phenoxy) is 1. The minimum absolute atomic E-state index is 0.0686. The van der Waals surface area contributed by atoms with E-state index in [4.69, 9.17) is 4.74 Å². The highest BCUT2D eigenvalue weighted by molar-refractivity contribution is 6.02. The van der Waals surface area contributed by atoms with Crippen LogP contribution in [0.1, 0.15) is 15.9 Å². The Bertz CT molecular complexity index is 816. The monoisotopic (exact) mass is 323 g/mol. The number of nitrogens with zero attached hydrogens (tertiary/aromatic N) is 1. The fourth-order valence-corrected chi connectivity index (χ4v) is 2.32. The molecule has 0 bridgehead atoms. The zero-order chi connectivity index (χ0) is 16.6. The van der Waals surface area contributed by atoms with E-state index in [9.17, 15) is 22.4 Å². The van der Waals surface area contributed by atoms with Gasteiger partial charge in [-0.05, 0) is 5.56 Å². The average Bonchev–Trinajstić information content (AvgIpc) is 3.10. The summed E-state index contributed by atoms with van der Waals surface area (Å²) in [5.41, 5.74) is -0.704. The second-order valence-electron chi connectivity index (χ2n) is 4.78. The van der Waals surface area contributed by atoms with Gasteiger partial charge < -0.3 is 4.74 Å². The van der Waals surface area contributed by atoms with E-state index in [1.165, 1.54) is 24.3 Å². The van der Waals surface area contributed by atoms with Crippen LogP contribution in [-0.2, 0) is 4.74 Å². The molecule has 0 saturated carbocycles. The molecule has 0 amide bonds. The van der Waals surface area contributed by atoms with Crippen LogP contribution >= 0.6 is 0 Å². The molecular weight excluding hydrogens is 314 g/mol. The van der Waals surface area contributed by atoms with E-state index in [1.807, 2.05) is 0 Å². The first-order chi connectivity index (χ1) is 11.0. The molecule has 0 radical (unpaired) electrons. The van der Waals surface area contributed by atoms with Crippen molar-refractivity contribution in [1.29, 1.82) is 0 Å². The van der Waals surface area contributed by atoms with E-state index in [0.717, 1.165) is 0 Å². The number of benzene rings is 2. The Balaban J connectivity index is 2.30. The third kappa shape index (κ3) is 2.48. The van der Waals surface area contributed by atoms with Gasteiger partial charge in [0.15, 0.2) is 23.3 Å². The van der Waals surface area contributed by atoms with Crippen molar-refractivity contribution < 1.29 is 27.1 Å². The molecule has 1 heterocycles. The van der Waals surface area contributed by atoms with E-state index < -0.39 is 34.4 Å². The van der Waals surface area contributed by atoms with Crippen LogP contribution in [0.5, 0.6) is 0 Å². The molecule has 2 aromatic rings. The van der Waals surface area contributed by atoms with Crippen LogP contribution in [0.25, 0.3) is 11.1 Å². The van der Waals surface area contributed by atoms with Gasteiger partial charge in [-0.15, -0.1) is 0 Å². The molecule has 0 aromatic heterocycles. The first-order valence-corrected chi connectivity index (χ1v) is 6.63. The Morgan fingerprint density at radius 3 is 2.04 bits per heavy atom. The van der Waals surface area contributed by atoms with Crippen LogP contribution in [0.2, 0.25) is 0 Å². The third-order valence-electron chi connectivity index (χ3n) is 3.40. The molecule has 0 N–H and O–H groups in total. The Morgan fingerprint density at radius 1 is 0.913 bits per heavy atom. The van der Waals surface area contributed by atoms with Crippen LogP contribution in [-0.4, -0.2) is 25.3 Å². The molecule has 7 heteroatoms. The molecule has 0 unspecified atom stereocenters. The van der Waals surface area contributed by atoms with Gasteiger partial charge in [0.25, 0.3) is 0 Å². The quantitative estimate of drug-likeness (QED) is 0.375. The number of aldehydes is 1. The summed E-state index contributed by atoms with van der Waals surface area (Å²) < 4.78 is 60.7. The Hall–Kier alpha value is -2.70. The summed E-state index contributed by atoms with van der Waals surface area (Å²) in [6.07, 6.45) is 0.567. The zero-order valence-corrected chi connectivity index (χ0v) is 11.6. The van der Waals surface area contributed by atoms with E-state index in [0.29, 0.717) is 11.8 Å². The summed E-state index contributed by atoms with van der Waals surface area (Å²) in [6, 6.07) is 5.31. The predicted molar refractivity (Wildman–Crippen MR) is 74.5 cm³/mol. The van der Waals surface area contributed by atoms with Gasteiger partial charge in [0.2, 0.25) is 5.90 Å². The van der Waals surface area contributed by atoms with Crippen molar-refractivity contribution in [2.75, 3.05) is 13.2 Å². The second kappa shape index (κ2) is 5.83. The van der Waals surface area contributed by atoms with Crippen LogP contribution in [0.3, 0.4) is 0 Å². The molecule has 3 rings (SSSR count). The Morgan fingerprint density at radius 2 is 1.52 bits per heavy atom. The van der Waals surface area contributed by atoms with Crippen LogP contribution < -0.4 is 0 Å². The fraction of sp³-hybridized carbons (Fsp3) is 0.125. The molecule has 0 atom stereocenters. The number of carbonyl (C=O) groups excluding carboxylic acids is 1. The highest BCUT2D eigenvalue weighted by atomic mass is 19.2. The van der Waals surface area contributed by atoms with Crippen molar-refractivity contribution in [3.63, 3.8) is 0 Å². The first kappa shape index (κ1) is 15.2. The minimum Gasteiger partial charge on any atom is -0.475 e. The van der Waals surface area contributed by atoms with Crippen molar-refractivity contribution in [2.45, 2.75) is 0 Å². The van der Waals surface area contributed by atoms with Crippen LogP contribution in [0.4, 0.5) is 17.6 Å². The highest BCUT2D eigenvalue weighted by Crippen LogP contribution is 2.34. The molecule has 1 aliphatic heterocycles. The van der Waals surface area contributed by atoms with Gasteiger partial charge in [0.05, 0.1) is 12.1 Å². The first-order valence-electron chi connectivity index (χ1n) is 6.63. The lowest BCUT2D eigenvalue weighted by molar-refractivity contribution is 0.112. The average molecular weight is 323 g/mol. The predicted octanol–water partition coefficient (Wildman–Crippen LogP) is 3.50. The van der Waals surface area contributed by atoms with E-state index in [2.05, 4.69) is 4.99 Å². The highest BCUT2D eigenvalue weighted by Gasteiger charge is 2.30. The van der Waals surface area contributed by atoms with Gasteiger partial charge >= 0.3 is 0 Å². The van der Waals surface area contributed by atoms with E-state index >= 15 is 0 Å². The summed E-state index contributed by atoms with van der Waals surface area (Å²) in [5, 5.41) is 0. The molecule has 2 aromatic carbocycles. The molecule has 118 valence electrons. The van der Waals surface area contributed by atoms with Crippen molar-refractivity contribution in [3.8, 4) is 11.1 Å². The lowest BCUT2D eigenvalue weighted by Crippen LogP contribution is -2.12. The van der Waals surface area contributed by atoms with Crippen molar-refractivity contribution in [1.82, 2.24) is 0 Å². The lowest BCUT2D eigenvalue weighted by Gasteiger charge is -2.13. The van der Waals surface area contributed by atoms with Gasteiger partial charge in [0.1, 0.15) is 12.9 Å². The molecule has 0 saturated heterocycles. The summed E-state index contributed by atoms with van der Waals surface area (Å²) in [7, 11) is 0. The van der Waals surface area contributed by atoms with Crippen molar-refractivity contribution in [3.05, 3.63) is 58.7 Å². The molecule has 0 fully saturated rings. The standard InChI is InChI=1S/C16H9F4NO2/c17-12-10(9-3-1-8(7-22)2-4-9)11(16-21-5-6-23-16)13(18)15(20)14(12)19/h1-4,7H,5-6H2. The van der Waals surface area contributed by atoms with Gasteiger partial charge in [-0.2, -0.15) is 0 Å². The molecule has 0 spiro atoms. The number of rotatable bonds is 3. The molecule has 1 aliphatic rings. The summed E-state index contributed by atoms with van der Waals surface area (Å²) in [5.74, 6) is -7.24. The maximum Gasteiger partial charge on any atom is 0.220 e. The van der Waals surface area contributed by atoms with E-state index in [1.54, 1.807) is 0 Å². The largest absolute Gasteiger partial charge is 0.475 e. The van der Waals surface area contributed by atoms with Gasteiger partial charge in [0, 0.05) is 11.1 Å². The molecular formula is C16H9F4NO2.